The fourth-order valence-corrected chi connectivity index (χ4v) is 1.71. The number of esters is 1. The SMILES string of the molecule is CCCCOCCOCCOCCOCCOCCOCCC(=O)OC. The molecule has 0 atom stereocenters. The van der Waals surface area contributed by atoms with Crippen molar-refractivity contribution < 1.29 is 38.0 Å². The fourth-order valence-electron chi connectivity index (χ4n) is 1.71. The fraction of sp³-hybridized carbons (Fsp3) is 0.944. The Morgan fingerprint density at radius 3 is 1.27 bits per heavy atom. The summed E-state index contributed by atoms with van der Waals surface area (Å²) in [6.45, 7) is 8.65. The van der Waals surface area contributed by atoms with Crippen LogP contribution in [0.1, 0.15) is 26.2 Å². The molecule has 156 valence electrons. The first-order valence-corrected chi connectivity index (χ1v) is 9.34. The Balaban J connectivity index is 3.00. The van der Waals surface area contributed by atoms with Gasteiger partial charge in [-0.15, -0.1) is 0 Å². The minimum absolute atomic E-state index is 0.261. The number of ether oxygens (including phenoxy) is 7. The van der Waals surface area contributed by atoms with Crippen molar-refractivity contribution in [3.63, 3.8) is 0 Å². The Bertz CT molecular complexity index is 288. The average molecular weight is 380 g/mol. The highest BCUT2D eigenvalue weighted by atomic mass is 16.6. The van der Waals surface area contributed by atoms with Gasteiger partial charge in [0.25, 0.3) is 0 Å². The molecule has 0 spiro atoms. The van der Waals surface area contributed by atoms with Crippen LogP contribution in [0.5, 0.6) is 0 Å². The summed E-state index contributed by atoms with van der Waals surface area (Å²) < 4.78 is 36.6. The number of hydrogen-bond acceptors (Lipinski definition) is 8. The van der Waals surface area contributed by atoms with Gasteiger partial charge in [-0.25, -0.2) is 0 Å². The van der Waals surface area contributed by atoms with E-state index < -0.39 is 0 Å². The first-order chi connectivity index (χ1) is 12.8. The lowest BCUT2D eigenvalue weighted by Crippen LogP contribution is -2.14. The Hall–Kier alpha value is -0.770. The summed E-state index contributed by atoms with van der Waals surface area (Å²) >= 11 is 0. The molecule has 0 aromatic rings. The first-order valence-electron chi connectivity index (χ1n) is 9.34. The Morgan fingerprint density at radius 2 is 0.923 bits per heavy atom. The minimum atomic E-state index is -0.274. The van der Waals surface area contributed by atoms with Crippen LogP contribution in [0.25, 0.3) is 0 Å². The van der Waals surface area contributed by atoms with Gasteiger partial charge in [-0.1, -0.05) is 13.3 Å². The lowest BCUT2D eigenvalue weighted by molar-refractivity contribution is -0.141. The van der Waals surface area contributed by atoms with Gasteiger partial charge in [0.2, 0.25) is 0 Å². The number of unbranched alkanes of at least 4 members (excludes halogenated alkanes) is 1. The lowest BCUT2D eigenvalue weighted by Gasteiger charge is -2.08. The van der Waals surface area contributed by atoms with E-state index in [9.17, 15) is 4.79 Å². The maximum Gasteiger partial charge on any atom is 0.307 e. The molecule has 0 rings (SSSR count). The van der Waals surface area contributed by atoms with Crippen molar-refractivity contribution in [2.75, 3.05) is 86.4 Å². The lowest BCUT2D eigenvalue weighted by atomic mass is 10.4. The Kier molecular flexibility index (Phi) is 21.6. The molecule has 0 unspecified atom stereocenters. The van der Waals surface area contributed by atoms with Gasteiger partial charge >= 0.3 is 5.97 Å². The van der Waals surface area contributed by atoms with Crippen LogP contribution in [0, 0.1) is 0 Å². The van der Waals surface area contributed by atoms with Crippen LogP contribution in [0.3, 0.4) is 0 Å². The van der Waals surface area contributed by atoms with Crippen molar-refractivity contribution in [1.29, 1.82) is 0 Å². The summed E-state index contributed by atoms with van der Waals surface area (Å²) in [5.74, 6) is -0.274. The quantitative estimate of drug-likeness (QED) is 0.219. The topological polar surface area (TPSA) is 81.7 Å². The highest BCUT2D eigenvalue weighted by Gasteiger charge is 1.99. The average Bonchev–Trinajstić information content (AvgIpc) is 2.66. The van der Waals surface area contributed by atoms with Crippen molar-refractivity contribution in [2.45, 2.75) is 26.2 Å². The molecule has 0 bridgehead atoms. The van der Waals surface area contributed by atoms with Crippen molar-refractivity contribution in [1.82, 2.24) is 0 Å². The van der Waals surface area contributed by atoms with Crippen LogP contribution in [0.4, 0.5) is 0 Å². The molecule has 0 aliphatic rings. The predicted molar refractivity (Wildman–Crippen MR) is 96.5 cm³/mol. The molecule has 0 aromatic carbocycles. The summed E-state index contributed by atoms with van der Waals surface area (Å²) in [5.41, 5.74) is 0. The molecule has 0 saturated heterocycles. The van der Waals surface area contributed by atoms with Gasteiger partial charge in [0.1, 0.15) is 0 Å². The molecule has 8 heteroatoms. The van der Waals surface area contributed by atoms with Crippen LogP contribution in [-0.2, 0) is 38.0 Å². The summed E-state index contributed by atoms with van der Waals surface area (Å²) in [5, 5.41) is 0. The molecule has 0 aliphatic heterocycles. The third-order valence-electron chi connectivity index (χ3n) is 3.18. The molecule has 0 N–H and O–H groups in total. The molecular weight excluding hydrogens is 344 g/mol. The standard InChI is InChI=1S/C18H36O8/c1-3-4-6-21-8-10-23-12-14-25-16-17-26-15-13-24-11-9-22-7-5-18(19)20-2/h3-17H2,1-2H3. The molecule has 0 aromatic heterocycles. The third kappa shape index (κ3) is 21.3. The monoisotopic (exact) mass is 380 g/mol. The normalized spacial score (nSPS) is 11.0. The zero-order valence-corrected chi connectivity index (χ0v) is 16.4. The van der Waals surface area contributed by atoms with Gasteiger partial charge in [-0.2, -0.15) is 0 Å². The van der Waals surface area contributed by atoms with Crippen LogP contribution >= 0.6 is 0 Å². The van der Waals surface area contributed by atoms with E-state index in [1.807, 2.05) is 0 Å². The molecule has 0 aliphatic carbocycles. The van der Waals surface area contributed by atoms with E-state index in [4.69, 9.17) is 28.4 Å². The van der Waals surface area contributed by atoms with Crippen molar-refractivity contribution >= 4 is 5.97 Å². The van der Waals surface area contributed by atoms with Crippen LogP contribution in [0.15, 0.2) is 0 Å². The zero-order chi connectivity index (χ0) is 19.1. The van der Waals surface area contributed by atoms with Gasteiger partial charge in [0.15, 0.2) is 0 Å². The largest absolute Gasteiger partial charge is 0.469 e. The van der Waals surface area contributed by atoms with Crippen molar-refractivity contribution in [3.8, 4) is 0 Å². The van der Waals surface area contributed by atoms with Crippen LogP contribution in [-0.4, -0.2) is 92.4 Å². The second kappa shape index (κ2) is 22.3. The molecule has 0 fully saturated rings. The smallest absolute Gasteiger partial charge is 0.307 e. The predicted octanol–water partition coefficient (Wildman–Crippen LogP) is 1.45. The van der Waals surface area contributed by atoms with Crippen LogP contribution < -0.4 is 0 Å². The number of methoxy groups -OCH3 is 1. The van der Waals surface area contributed by atoms with Crippen LogP contribution in [0.2, 0.25) is 0 Å². The summed E-state index contributed by atoms with van der Waals surface area (Å²) in [7, 11) is 1.36. The number of carbonyl (C=O) groups is 1. The van der Waals surface area contributed by atoms with Crippen molar-refractivity contribution in [2.24, 2.45) is 0 Å². The summed E-state index contributed by atoms with van der Waals surface area (Å²) in [6.07, 6.45) is 2.51. The van der Waals surface area contributed by atoms with E-state index in [2.05, 4.69) is 11.7 Å². The summed E-state index contributed by atoms with van der Waals surface area (Å²) in [6, 6.07) is 0. The van der Waals surface area contributed by atoms with Crippen molar-refractivity contribution in [3.05, 3.63) is 0 Å². The molecule has 0 saturated carbocycles. The molecule has 8 nitrogen and oxygen atoms in total. The third-order valence-corrected chi connectivity index (χ3v) is 3.18. The molecular formula is C18H36O8. The maximum absolute atomic E-state index is 10.8. The molecule has 0 heterocycles. The maximum atomic E-state index is 10.8. The van der Waals surface area contributed by atoms with E-state index >= 15 is 0 Å². The minimum Gasteiger partial charge on any atom is -0.469 e. The Morgan fingerprint density at radius 1 is 0.577 bits per heavy atom. The number of carbonyl (C=O) groups excluding carboxylic acids is 1. The van der Waals surface area contributed by atoms with E-state index in [1.165, 1.54) is 7.11 Å². The molecule has 0 radical (unpaired) electrons. The highest BCUT2D eigenvalue weighted by Crippen LogP contribution is 1.89. The van der Waals surface area contributed by atoms with E-state index in [-0.39, 0.29) is 12.4 Å². The van der Waals surface area contributed by atoms with Gasteiger partial charge in [0, 0.05) is 6.61 Å². The number of hydrogen-bond donors (Lipinski definition) is 0. The Labute approximate surface area is 157 Å². The van der Waals surface area contributed by atoms with Gasteiger partial charge in [-0.3, -0.25) is 4.79 Å². The second-order valence-electron chi connectivity index (χ2n) is 5.35. The number of rotatable bonds is 21. The van der Waals surface area contributed by atoms with E-state index in [1.54, 1.807) is 0 Å². The van der Waals surface area contributed by atoms with Gasteiger partial charge < -0.3 is 33.2 Å². The van der Waals surface area contributed by atoms with E-state index in [0.717, 1.165) is 19.4 Å². The summed E-state index contributed by atoms with van der Waals surface area (Å²) in [4.78, 5) is 10.8. The van der Waals surface area contributed by atoms with Gasteiger partial charge in [-0.05, 0) is 6.42 Å². The first kappa shape index (κ1) is 25.2. The second-order valence-corrected chi connectivity index (χ2v) is 5.35. The zero-order valence-electron chi connectivity index (χ0n) is 16.4. The van der Waals surface area contributed by atoms with Gasteiger partial charge in [0.05, 0.1) is 86.2 Å². The molecule has 0 amide bonds. The molecule has 26 heavy (non-hydrogen) atoms. The highest BCUT2D eigenvalue weighted by molar-refractivity contribution is 5.69. The van der Waals surface area contributed by atoms with E-state index in [0.29, 0.717) is 72.7 Å².